The third-order valence-electron chi connectivity index (χ3n) is 6.04. The summed E-state index contributed by atoms with van der Waals surface area (Å²) in [5, 5.41) is 17.0. The van der Waals surface area contributed by atoms with E-state index in [0.29, 0.717) is 25.4 Å². The SMILES string of the molecule is Cn1ccc(-c2c(OCC(O)CN3CC4C(C3)C4(F)F)ccc3ccccc23)n1. The highest BCUT2D eigenvalue weighted by atomic mass is 19.3. The summed E-state index contributed by atoms with van der Waals surface area (Å²) in [6, 6.07) is 13.8. The monoisotopic (exact) mass is 399 g/mol. The maximum Gasteiger partial charge on any atom is 0.257 e. The number of aromatic nitrogens is 2. The van der Waals surface area contributed by atoms with Crippen molar-refractivity contribution in [3.63, 3.8) is 0 Å². The lowest BCUT2D eigenvalue weighted by Crippen LogP contribution is -2.37. The average molecular weight is 399 g/mol. The number of alkyl halides is 2. The number of nitrogens with zero attached hydrogens (tertiary/aromatic N) is 3. The molecule has 3 aromatic rings. The molecular formula is C22H23F2N3O2. The van der Waals surface area contributed by atoms with Gasteiger partial charge in [-0.15, -0.1) is 0 Å². The summed E-state index contributed by atoms with van der Waals surface area (Å²) in [6.45, 7) is 1.14. The van der Waals surface area contributed by atoms with Crippen LogP contribution < -0.4 is 4.74 Å². The predicted octanol–water partition coefficient (Wildman–Crippen LogP) is 3.18. The number of aliphatic hydroxyl groups is 1. The molecule has 5 nitrogen and oxygen atoms in total. The van der Waals surface area contributed by atoms with Crippen molar-refractivity contribution in [2.24, 2.45) is 18.9 Å². The Hall–Kier alpha value is -2.51. The van der Waals surface area contributed by atoms with Gasteiger partial charge in [-0.3, -0.25) is 9.58 Å². The fourth-order valence-corrected chi connectivity index (χ4v) is 4.46. The van der Waals surface area contributed by atoms with Gasteiger partial charge in [-0.25, -0.2) is 8.78 Å². The molecule has 5 rings (SSSR count). The van der Waals surface area contributed by atoms with E-state index in [2.05, 4.69) is 5.10 Å². The summed E-state index contributed by atoms with van der Waals surface area (Å²) in [6.07, 6.45) is 1.13. The molecule has 0 radical (unpaired) electrons. The van der Waals surface area contributed by atoms with Crippen molar-refractivity contribution < 1.29 is 18.6 Å². The van der Waals surface area contributed by atoms with Gasteiger partial charge < -0.3 is 9.84 Å². The van der Waals surface area contributed by atoms with Crippen LogP contribution >= 0.6 is 0 Å². The normalized spacial score (nSPS) is 23.9. The molecule has 3 atom stereocenters. The summed E-state index contributed by atoms with van der Waals surface area (Å²) in [5.74, 6) is -2.92. The fraction of sp³-hybridized carbons (Fsp3) is 0.409. The Kier molecular flexibility index (Phi) is 4.33. The van der Waals surface area contributed by atoms with Crippen molar-refractivity contribution in [3.8, 4) is 17.0 Å². The number of likely N-dealkylation sites (tertiary alicyclic amines) is 1. The molecule has 1 aliphatic heterocycles. The van der Waals surface area contributed by atoms with Crippen molar-refractivity contribution in [1.29, 1.82) is 0 Å². The molecule has 1 N–H and O–H groups in total. The Bertz CT molecular complexity index is 1040. The molecule has 0 spiro atoms. The minimum absolute atomic E-state index is 0.0976. The molecule has 1 aromatic heterocycles. The number of hydrogen-bond donors (Lipinski definition) is 1. The van der Waals surface area contributed by atoms with Crippen molar-refractivity contribution in [2.75, 3.05) is 26.2 Å². The number of β-amino-alcohol motifs (C(OH)–C–C–N with tert-alkyl or cyclic N) is 1. The van der Waals surface area contributed by atoms with Crippen LogP contribution in [-0.2, 0) is 7.05 Å². The van der Waals surface area contributed by atoms with Gasteiger partial charge in [0.1, 0.15) is 18.5 Å². The molecule has 2 heterocycles. The van der Waals surface area contributed by atoms with Crippen LogP contribution in [0.1, 0.15) is 0 Å². The van der Waals surface area contributed by atoms with Crippen LogP contribution in [0.25, 0.3) is 22.0 Å². The first-order chi connectivity index (χ1) is 13.9. The second-order valence-electron chi connectivity index (χ2n) is 8.11. The number of rotatable bonds is 6. The molecule has 1 saturated carbocycles. The molecule has 152 valence electrons. The molecule has 1 aliphatic carbocycles. The Morgan fingerprint density at radius 3 is 2.66 bits per heavy atom. The van der Waals surface area contributed by atoms with E-state index in [9.17, 15) is 13.9 Å². The summed E-state index contributed by atoms with van der Waals surface area (Å²) in [5.41, 5.74) is 1.69. The Balaban J connectivity index is 1.31. The van der Waals surface area contributed by atoms with Crippen molar-refractivity contribution in [2.45, 2.75) is 12.0 Å². The van der Waals surface area contributed by atoms with E-state index >= 15 is 0 Å². The first-order valence-corrected chi connectivity index (χ1v) is 9.86. The smallest absolute Gasteiger partial charge is 0.257 e. The number of aryl methyl sites for hydroxylation is 1. The summed E-state index contributed by atoms with van der Waals surface area (Å²) in [7, 11) is 1.86. The number of piperidine rings is 1. The molecule has 3 unspecified atom stereocenters. The van der Waals surface area contributed by atoms with Crippen LogP contribution in [0.15, 0.2) is 48.7 Å². The Morgan fingerprint density at radius 2 is 1.93 bits per heavy atom. The lowest BCUT2D eigenvalue weighted by Gasteiger charge is -2.23. The first-order valence-electron chi connectivity index (χ1n) is 9.86. The van der Waals surface area contributed by atoms with Crippen LogP contribution in [0.5, 0.6) is 5.75 Å². The summed E-state index contributed by atoms with van der Waals surface area (Å²) < 4.78 is 34.4. The lowest BCUT2D eigenvalue weighted by molar-refractivity contribution is 0.0303. The number of fused-ring (bicyclic) bond motifs is 2. The van der Waals surface area contributed by atoms with Gasteiger partial charge in [0.15, 0.2) is 0 Å². The van der Waals surface area contributed by atoms with E-state index in [1.165, 1.54) is 0 Å². The molecule has 7 heteroatoms. The van der Waals surface area contributed by atoms with Crippen LogP contribution in [0.4, 0.5) is 8.78 Å². The van der Waals surface area contributed by atoms with E-state index in [4.69, 9.17) is 4.74 Å². The number of halogens is 2. The standard InChI is InChI=1S/C22H23F2N3O2/c1-26-9-8-19(25-26)21-16-5-3-2-4-14(16)6-7-20(21)29-13-15(28)10-27-11-17-18(12-27)22(17,23)24/h2-9,15,17-18,28H,10-13H2,1H3. The molecular weight excluding hydrogens is 376 g/mol. The van der Waals surface area contributed by atoms with Crippen molar-refractivity contribution >= 4 is 10.8 Å². The van der Waals surface area contributed by atoms with Gasteiger partial charge in [-0.05, 0) is 22.9 Å². The molecule has 2 aromatic carbocycles. The predicted molar refractivity (Wildman–Crippen MR) is 106 cm³/mol. The van der Waals surface area contributed by atoms with Gasteiger partial charge in [-0.2, -0.15) is 5.10 Å². The molecule has 29 heavy (non-hydrogen) atoms. The molecule has 0 amide bonds. The van der Waals surface area contributed by atoms with Crippen molar-refractivity contribution in [3.05, 3.63) is 48.7 Å². The minimum Gasteiger partial charge on any atom is -0.490 e. The number of ether oxygens (including phenoxy) is 1. The highest BCUT2D eigenvalue weighted by Crippen LogP contribution is 2.59. The lowest BCUT2D eigenvalue weighted by atomic mass is 10.0. The van der Waals surface area contributed by atoms with Crippen LogP contribution in [0.2, 0.25) is 0 Å². The topological polar surface area (TPSA) is 50.5 Å². The van der Waals surface area contributed by atoms with Gasteiger partial charge in [0, 0.05) is 44.7 Å². The average Bonchev–Trinajstić information content (AvgIpc) is 3.11. The van der Waals surface area contributed by atoms with Gasteiger partial charge in [-0.1, -0.05) is 30.3 Å². The highest BCUT2D eigenvalue weighted by Gasteiger charge is 2.71. The maximum absolute atomic E-state index is 13.3. The molecule has 1 saturated heterocycles. The third kappa shape index (κ3) is 3.28. The van der Waals surface area contributed by atoms with Crippen molar-refractivity contribution in [1.82, 2.24) is 14.7 Å². The zero-order chi connectivity index (χ0) is 20.2. The third-order valence-corrected chi connectivity index (χ3v) is 6.04. The van der Waals surface area contributed by atoms with Gasteiger partial charge in [0.2, 0.25) is 0 Å². The molecule has 2 fully saturated rings. The van der Waals surface area contributed by atoms with Gasteiger partial charge in [0.05, 0.1) is 11.3 Å². The largest absolute Gasteiger partial charge is 0.490 e. The zero-order valence-corrected chi connectivity index (χ0v) is 16.1. The van der Waals surface area contributed by atoms with E-state index < -0.39 is 23.9 Å². The van der Waals surface area contributed by atoms with Crippen LogP contribution in [-0.4, -0.2) is 58.1 Å². The zero-order valence-electron chi connectivity index (χ0n) is 16.1. The highest BCUT2D eigenvalue weighted by molar-refractivity contribution is 5.98. The summed E-state index contributed by atoms with van der Waals surface area (Å²) in [4.78, 5) is 1.90. The Morgan fingerprint density at radius 1 is 1.17 bits per heavy atom. The van der Waals surface area contributed by atoms with E-state index in [1.807, 2.05) is 60.6 Å². The van der Waals surface area contributed by atoms with E-state index in [-0.39, 0.29) is 6.61 Å². The molecule has 2 aliphatic rings. The van der Waals surface area contributed by atoms with Crippen LogP contribution in [0, 0.1) is 11.8 Å². The number of hydrogen-bond acceptors (Lipinski definition) is 4. The van der Waals surface area contributed by atoms with Gasteiger partial charge in [0.25, 0.3) is 5.92 Å². The first kappa shape index (κ1) is 18.5. The second-order valence-corrected chi connectivity index (χ2v) is 8.11. The van der Waals surface area contributed by atoms with Gasteiger partial charge >= 0.3 is 0 Å². The van der Waals surface area contributed by atoms with Crippen LogP contribution in [0.3, 0.4) is 0 Å². The summed E-state index contributed by atoms with van der Waals surface area (Å²) >= 11 is 0. The number of benzene rings is 2. The van der Waals surface area contributed by atoms with E-state index in [1.54, 1.807) is 4.68 Å². The number of aliphatic hydroxyl groups excluding tert-OH is 1. The fourth-order valence-electron chi connectivity index (χ4n) is 4.46. The second kappa shape index (κ2) is 6.78. The molecule has 0 bridgehead atoms. The van der Waals surface area contributed by atoms with E-state index in [0.717, 1.165) is 22.0 Å². The Labute approximate surface area is 167 Å². The maximum atomic E-state index is 13.3. The minimum atomic E-state index is -2.50. The quantitative estimate of drug-likeness (QED) is 0.692.